The van der Waals surface area contributed by atoms with Crippen molar-refractivity contribution in [1.82, 2.24) is 4.90 Å². The first-order valence-electron chi connectivity index (χ1n) is 9.76. The molecule has 0 unspecified atom stereocenters. The fourth-order valence-electron chi connectivity index (χ4n) is 3.57. The molecule has 1 saturated heterocycles. The first-order chi connectivity index (χ1) is 13.7. The van der Waals surface area contributed by atoms with Crippen LogP contribution in [0.25, 0.3) is 0 Å². The van der Waals surface area contributed by atoms with Crippen LogP contribution in [0.4, 0.5) is 11.4 Å². The quantitative estimate of drug-likeness (QED) is 0.793. The van der Waals surface area contributed by atoms with Crippen molar-refractivity contribution in [2.24, 2.45) is 0 Å². The Morgan fingerprint density at radius 2 is 1.57 bits per heavy atom. The number of piperazine rings is 1. The van der Waals surface area contributed by atoms with E-state index in [0.29, 0.717) is 17.1 Å². The molecule has 0 saturated carbocycles. The molecule has 6 nitrogen and oxygen atoms in total. The van der Waals surface area contributed by atoms with Crippen LogP contribution in [0.3, 0.4) is 0 Å². The highest BCUT2D eigenvalue weighted by atomic mass is 16.5. The highest BCUT2D eigenvalue weighted by molar-refractivity contribution is 6.08. The molecule has 0 radical (unpaired) electrons. The topological polar surface area (TPSA) is 54.0 Å². The normalized spacial score (nSPS) is 14.6. The van der Waals surface area contributed by atoms with Crippen LogP contribution in [-0.4, -0.2) is 57.8 Å². The third-order valence-electron chi connectivity index (χ3n) is 5.06. The van der Waals surface area contributed by atoms with E-state index in [4.69, 9.17) is 9.47 Å². The average molecular weight is 383 g/mol. The second-order valence-electron chi connectivity index (χ2n) is 6.87. The molecular weight excluding hydrogens is 354 g/mol. The standard InChI is InChI=1S/C22H29N3O3/c1-4-12-24-13-15-25(16-14-24)18-10-8-17(9-11-18)23-22(26)21-19(27-2)6-5-7-20(21)28-3/h5-11H,4,12-16H2,1-3H3,(H,23,26). The Labute approximate surface area is 167 Å². The van der Waals surface area contributed by atoms with Gasteiger partial charge < -0.3 is 19.7 Å². The lowest BCUT2D eigenvalue weighted by Crippen LogP contribution is -2.46. The number of anilines is 2. The summed E-state index contributed by atoms with van der Waals surface area (Å²) in [5, 5.41) is 2.94. The van der Waals surface area contributed by atoms with Crippen LogP contribution in [-0.2, 0) is 0 Å². The highest BCUT2D eigenvalue weighted by Gasteiger charge is 2.19. The predicted molar refractivity (Wildman–Crippen MR) is 113 cm³/mol. The Balaban J connectivity index is 1.66. The Morgan fingerprint density at radius 1 is 0.964 bits per heavy atom. The first-order valence-corrected chi connectivity index (χ1v) is 9.76. The Hall–Kier alpha value is -2.73. The fraction of sp³-hybridized carbons (Fsp3) is 0.409. The smallest absolute Gasteiger partial charge is 0.263 e. The lowest BCUT2D eigenvalue weighted by atomic mass is 10.1. The van der Waals surface area contributed by atoms with E-state index in [9.17, 15) is 4.79 Å². The van der Waals surface area contributed by atoms with Crippen LogP contribution < -0.4 is 19.7 Å². The number of ether oxygens (including phenoxy) is 2. The molecule has 1 aliphatic heterocycles. The van der Waals surface area contributed by atoms with E-state index < -0.39 is 0 Å². The van der Waals surface area contributed by atoms with Gasteiger partial charge >= 0.3 is 0 Å². The summed E-state index contributed by atoms with van der Waals surface area (Å²) in [4.78, 5) is 17.7. The van der Waals surface area contributed by atoms with E-state index in [1.165, 1.54) is 18.7 Å². The molecule has 1 fully saturated rings. The van der Waals surface area contributed by atoms with Crippen LogP contribution in [0, 0.1) is 0 Å². The number of benzene rings is 2. The molecule has 2 aromatic rings. The van der Waals surface area contributed by atoms with Crippen molar-refractivity contribution in [3.05, 3.63) is 48.0 Å². The van der Waals surface area contributed by atoms with Crippen molar-refractivity contribution in [3.8, 4) is 11.5 Å². The summed E-state index contributed by atoms with van der Waals surface area (Å²) in [5.74, 6) is 0.715. The van der Waals surface area contributed by atoms with E-state index in [-0.39, 0.29) is 5.91 Å². The molecule has 3 rings (SSSR count). The van der Waals surface area contributed by atoms with Gasteiger partial charge in [-0.1, -0.05) is 13.0 Å². The van der Waals surface area contributed by atoms with Gasteiger partial charge in [0.25, 0.3) is 5.91 Å². The van der Waals surface area contributed by atoms with Gasteiger partial charge in [-0.3, -0.25) is 9.69 Å². The van der Waals surface area contributed by atoms with Gasteiger partial charge in [-0.15, -0.1) is 0 Å². The summed E-state index contributed by atoms with van der Waals surface area (Å²) in [6.45, 7) is 7.65. The van der Waals surface area contributed by atoms with Crippen LogP contribution in [0.5, 0.6) is 11.5 Å². The van der Waals surface area contributed by atoms with Gasteiger partial charge in [-0.05, 0) is 49.4 Å². The average Bonchev–Trinajstić information content (AvgIpc) is 2.74. The molecular formula is C22H29N3O3. The molecule has 1 heterocycles. The molecule has 0 aromatic heterocycles. The molecule has 2 aromatic carbocycles. The molecule has 0 atom stereocenters. The zero-order valence-corrected chi connectivity index (χ0v) is 16.9. The molecule has 0 aliphatic carbocycles. The molecule has 28 heavy (non-hydrogen) atoms. The van der Waals surface area contributed by atoms with E-state index in [0.717, 1.165) is 31.9 Å². The second-order valence-corrected chi connectivity index (χ2v) is 6.87. The minimum atomic E-state index is -0.254. The van der Waals surface area contributed by atoms with Crippen LogP contribution in [0.1, 0.15) is 23.7 Å². The van der Waals surface area contributed by atoms with Crippen molar-refractivity contribution in [2.75, 3.05) is 57.2 Å². The number of hydrogen-bond donors (Lipinski definition) is 1. The first kappa shape index (κ1) is 20.0. The van der Waals surface area contributed by atoms with Gasteiger partial charge in [0, 0.05) is 37.6 Å². The summed E-state index contributed by atoms with van der Waals surface area (Å²) in [6.07, 6.45) is 1.20. The van der Waals surface area contributed by atoms with Crippen LogP contribution in [0.2, 0.25) is 0 Å². The van der Waals surface area contributed by atoms with Gasteiger partial charge in [0.1, 0.15) is 17.1 Å². The summed E-state index contributed by atoms with van der Waals surface area (Å²) in [7, 11) is 3.08. The minimum Gasteiger partial charge on any atom is -0.496 e. The monoisotopic (exact) mass is 383 g/mol. The Kier molecular flexibility index (Phi) is 6.76. The molecule has 0 bridgehead atoms. The Morgan fingerprint density at radius 3 is 2.11 bits per heavy atom. The minimum absolute atomic E-state index is 0.254. The van der Waals surface area contributed by atoms with Crippen molar-refractivity contribution >= 4 is 17.3 Å². The zero-order chi connectivity index (χ0) is 19.9. The summed E-state index contributed by atoms with van der Waals surface area (Å²) in [6, 6.07) is 13.3. The van der Waals surface area contributed by atoms with E-state index >= 15 is 0 Å². The molecule has 0 spiro atoms. The largest absolute Gasteiger partial charge is 0.496 e. The maximum Gasteiger partial charge on any atom is 0.263 e. The maximum absolute atomic E-state index is 12.8. The molecule has 1 aliphatic rings. The Bertz CT molecular complexity index is 762. The van der Waals surface area contributed by atoms with Crippen molar-refractivity contribution in [2.45, 2.75) is 13.3 Å². The third-order valence-corrected chi connectivity index (χ3v) is 5.06. The number of methoxy groups -OCH3 is 2. The number of carbonyl (C=O) groups is 1. The van der Waals surface area contributed by atoms with Gasteiger partial charge in [0.05, 0.1) is 14.2 Å². The van der Waals surface area contributed by atoms with E-state index in [1.807, 2.05) is 12.1 Å². The zero-order valence-electron chi connectivity index (χ0n) is 16.9. The van der Waals surface area contributed by atoms with E-state index in [1.54, 1.807) is 32.4 Å². The van der Waals surface area contributed by atoms with Gasteiger partial charge in [0.2, 0.25) is 0 Å². The van der Waals surface area contributed by atoms with Crippen molar-refractivity contribution in [1.29, 1.82) is 0 Å². The molecule has 6 heteroatoms. The van der Waals surface area contributed by atoms with E-state index in [2.05, 4.69) is 34.2 Å². The second kappa shape index (κ2) is 9.46. The number of amides is 1. The lowest BCUT2D eigenvalue weighted by Gasteiger charge is -2.36. The van der Waals surface area contributed by atoms with Gasteiger partial charge in [0.15, 0.2) is 0 Å². The fourth-order valence-corrected chi connectivity index (χ4v) is 3.57. The predicted octanol–water partition coefficient (Wildman–Crippen LogP) is 3.49. The number of nitrogens with zero attached hydrogens (tertiary/aromatic N) is 2. The summed E-state index contributed by atoms with van der Waals surface area (Å²) in [5.41, 5.74) is 2.32. The highest BCUT2D eigenvalue weighted by Crippen LogP contribution is 2.29. The van der Waals surface area contributed by atoms with Crippen molar-refractivity contribution in [3.63, 3.8) is 0 Å². The third kappa shape index (κ3) is 4.57. The summed E-state index contributed by atoms with van der Waals surface area (Å²) < 4.78 is 10.6. The summed E-state index contributed by atoms with van der Waals surface area (Å²) >= 11 is 0. The van der Waals surface area contributed by atoms with Crippen molar-refractivity contribution < 1.29 is 14.3 Å². The molecule has 1 N–H and O–H groups in total. The SMILES string of the molecule is CCCN1CCN(c2ccc(NC(=O)c3c(OC)cccc3OC)cc2)CC1. The van der Waals surface area contributed by atoms with Gasteiger partial charge in [-0.25, -0.2) is 0 Å². The number of carbonyl (C=O) groups excluding carboxylic acids is 1. The molecule has 150 valence electrons. The van der Waals surface area contributed by atoms with Crippen LogP contribution in [0.15, 0.2) is 42.5 Å². The van der Waals surface area contributed by atoms with Crippen LogP contribution >= 0.6 is 0 Å². The van der Waals surface area contributed by atoms with Gasteiger partial charge in [-0.2, -0.15) is 0 Å². The maximum atomic E-state index is 12.8. The number of rotatable bonds is 7. The number of nitrogens with one attached hydrogen (secondary N) is 1. The molecule has 1 amide bonds. The lowest BCUT2D eigenvalue weighted by molar-refractivity contribution is 0.102. The number of hydrogen-bond acceptors (Lipinski definition) is 5.